The van der Waals surface area contributed by atoms with E-state index in [1.54, 1.807) is 0 Å². The smallest absolute Gasteiger partial charge is 0.317 e. The van der Waals surface area contributed by atoms with Crippen molar-refractivity contribution in [2.75, 3.05) is 13.1 Å². The molecule has 1 aliphatic carbocycles. The first-order valence-electron chi connectivity index (χ1n) is 7.87. The summed E-state index contributed by atoms with van der Waals surface area (Å²) in [5.41, 5.74) is 2.29. The Kier molecular flexibility index (Phi) is 6.21. The van der Waals surface area contributed by atoms with E-state index in [1.807, 2.05) is 12.1 Å². The zero-order chi connectivity index (χ0) is 15.1. The molecule has 1 saturated carbocycles. The molecule has 0 bridgehead atoms. The maximum absolute atomic E-state index is 10.4. The second-order valence-corrected chi connectivity index (χ2v) is 5.88. The van der Waals surface area contributed by atoms with Crippen LogP contribution in [0.25, 0.3) is 0 Å². The SMILES string of the molecule is O=C(O)CNCCC(O)c1ccc(C2CCCCC2)cc1. The van der Waals surface area contributed by atoms with Crippen LogP contribution in [-0.4, -0.2) is 29.3 Å². The van der Waals surface area contributed by atoms with Crippen molar-refractivity contribution in [2.24, 2.45) is 0 Å². The van der Waals surface area contributed by atoms with Gasteiger partial charge in [-0.2, -0.15) is 0 Å². The lowest BCUT2D eigenvalue weighted by Gasteiger charge is -2.22. The Labute approximate surface area is 126 Å². The third kappa shape index (κ3) is 5.14. The van der Waals surface area contributed by atoms with Crippen molar-refractivity contribution in [3.8, 4) is 0 Å². The Morgan fingerprint density at radius 3 is 2.48 bits per heavy atom. The number of carbonyl (C=O) groups is 1. The average Bonchev–Trinajstić information content (AvgIpc) is 2.52. The molecule has 4 nitrogen and oxygen atoms in total. The fraction of sp³-hybridized carbons (Fsp3) is 0.588. The summed E-state index contributed by atoms with van der Waals surface area (Å²) in [5, 5.41) is 21.4. The van der Waals surface area contributed by atoms with Gasteiger partial charge in [0.1, 0.15) is 0 Å². The largest absolute Gasteiger partial charge is 0.480 e. The predicted molar refractivity (Wildman–Crippen MR) is 82.4 cm³/mol. The molecule has 0 radical (unpaired) electrons. The number of carboxylic acids is 1. The van der Waals surface area contributed by atoms with Crippen molar-refractivity contribution in [1.29, 1.82) is 0 Å². The molecule has 1 fully saturated rings. The van der Waals surface area contributed by atoms with Crippen molar-refractivity contribution in [1.82, 2.24) is 5.32 Å². The molecule has 3 N–H and O–H groups in total. The van der Waals surface area contributed by atoms with Crippen LogP contribution >= 0.6 is 0 Å². The van der Waals surface area contributed by atoms with Gasteiger partial charge in [-0.05, 0) is 42.9 Å². The lowest BCUT2D eigenvalue weighted by atomic mass is 9.84. The Morgan fingerprint density at radius 1 is 1.19 bits per heavy atom. The molecule has 1 aromatic rings. The normalized spacial score (nSPS) is 17.6. The van der Waals surface area contributed by atoms with Crippen LogP contribution < -0.4 is 5.32 Å². The monoisotopic (exact) mass is 291 g/mol. The molecule has 116 valence electrons. The van der Waals surface area contributed by atoms with Gasteiger partial charge in [0.25, 0.3) is 0 Å². The van der Waals surface area contributed by atoms with Gasteiger partial charge in [-0.1, -0.05) is 43.5 Å². The van der Waals surface area contributed by atoms with E-state index in [9.17, 15) is 9.90 Å². The highest BCUT2D eigenvalue weighted by Gasteiger charge is 2.16. The van der Waals surface area contributed by atoms with Gasteiger partial charge in [0, 0.05) is 0 Å². The summed E-state index contributed by atoms with van der Waals surface area (Å²) in [5.74, 6) is -0.191. The topological polar surface area (TPSA) is 69.6 Å². The maximum atomic E-state index is 10.4. The second-order valence-electron chi connectivity index (χ2n) is 5.88. The van der Waals surface area contributed by atoms with E-state index in [-0.39, 0.29) is 6.54 Å². The van der Waals surface area contributed by atoms with Crippen molar-refractivity contribution in [3.63, 3.8) is 0 Å². The molecular weight excluding hydrogens is 266 g/mol. The minimum atomic E-state index is -0.874. The molecule has 1 aliphatic rings. The highest BCUT2D eigenvalue weighted by molar-refractivity contribution is 5.68. The number of hydrogen-bond donors (Lipinski definition) is 3. The van der Waals surface area contributed by atoms with Gasteiger partial charge in [-0.3, -0.25) is 4.79 Å². The molecule has 0 amide bonds. The minimum Gasteiger partial charge on any atom is -0.480 e. The van der Waals surface area contributed by atoms with Crippen LogP contribution in [0.1, 0.15) is 61.7 Å². The standard InChI is InChI=1S/C17H25NO3/c19-16(10-11-18-12-17(20)21)15-8-6-14(7-9-15)13-4-2-1-3-5-13/h6-9,13,16,18-19H,1-5,10-12H2,(H,20,21). The molecule has 1 aromatic carbocycles. The van der Waals surface area contributed by atoms with Crippen molar-refractivity contribution in [3.05, 3.63) is 35.4 Å². The van der Waals surface area contributed by atoms with Crippen LogP contribution in [0.15, 0.2) is 24.3 Å². The molecule has 0 aromatic heterocycles. The summed E-state index contributed by atoms with van der Waals surface area (Å²) < 4.78 is 0. The van der Waals surface area contributed by atoms with E-state index >= 15 is 0 Å². The zero-order valence-electron chi connectivity index (χ0n) is 12.4. The molecule has 0 heterocycles. The number of aliphatic hydroxyl groups excluding tert-OH is 1. The summed E-state index contributed by atoms with van der Waals surface area (Å²) in [6, 6.07) is 8.29. The molecule has 21 heavy (non-hydrogen) atoms. The number of aliphatic hydroxyl groups is 1. The molecule has 0 aliphatic heterocycles. The van der Waals surface area contributed by atoms with Crippen LogP contribution in [0.2, 0.25) is 0 Å². The zero-order valence-corrected chi connectivity index (χ0v) is 12.4. The van der Waals surface area contributed by atoms with Gasteiger partial charge in [0.05, 0.1) is 12.6 Å². The van der Waals surface area contributed by atoms with Gasteiger partial charge in [0.15, 0.2) is 0 Å². The van der Waals surface area contributed by atoms with Gasteiger partial charge < -0.3 is 15.5 Å². The molecular formula is C17H25NO3. The number of benzene rings is 1. The number of nitrogens with one attached hydrogen (secondary N) is 1. The lowest BCUT2D eigenvalue weighted by molar-refractivity contribution is -0.135. The Bertz CT molecular complexity index is 438. The minimum absolute atomic E-state index is 0.0622. The predicted octanol–water partition coefficient (Wildman–Crippen LogP) is 2.83. The fourth-order valence-electron chi connectivity index (χ4n) is 3.03. The van der Waals surface area contributed by atoms with Crippen molar-refractivity contribution in [2.45, 2.75) is 50.5 Å². The maximum Gasteiger partial charge on any atom is 0.317 e. The quantitative estimate of drug-likeness (QED) is 0.676. The Hall–Kier alpha value is -1.39. The summed E-state index contributed by atoms with van der Waals surface area (Å²) in [4.78, 5) is 10.4. The summed E-state index contributed by atoms with van der Waals surface area (Å²) >= 11 is 0. The second kappa shape index (κ2) is 8.15. The molecule has 4 heteroatoms. The molecule has 2 rings (SSSR count). The fourth-order valence-corrected chi connectivity index (χ4v) is 3.03. The highest BCUT2D eigenvalue weighted by atomic mass is 16.4. The first-order chi connectivity index (χ1) is 10.2. The lowest BCUT2D eigenvalue weighted by Crippen LogP contribution is -2.24. The summed E-state index contributed by atoms with van der Waals surface area (Å²) in [7, 11) is 0. The number of carboxylic acid groups (broad SMARTS) is 1. The number of rotatable bonds is 7. The van der Waals surface area contributed by atoms with Crippen molar-refractivity contribution < 1.29 is 15.0 Å². The van der Waals surface area contributed by atoms with E-state index in [0.717, 1.165) is 5.56 Å². The first kappa shape index (κ1) is 16.0. The summed E-state index contributed by atoms with van der Waals surface area (Å²) in [6.07, 6.45) is 6.55. The van der Waals surface area contributed by atoms with Crippen LogP contribution in [-0.2, 0) is 4.79 Å². The Morgan fingerprint density at radius 2 is 1.86 bits per heavy atom. The van der Waals surface area contributed by atoms with Gasteiger partial charge in [-0.15, -0.1) is 0 Å². The third-order valence-electron chi connectivity index (χ3n) is 4.27. The van der Waals surface area contributed by atoms with E-state index in [2.05, 4.69) is 17.4 Å². The van der Waals surface area contributed by atoms with Gasteiger partial charge in [0.2, 0.25) is 0 Å². The summed E-state index contributed by atoms with van der Waals surface area (Å²) in [6.45, 7) is 0.436. The molecule has 1 atom stereocenters. The van der Waals surface area contributed by atoms with E-state index < -0.39 is 12.1 Å². The molecule has 1 unspecified atom stereocenters. The highest BCUT2D eigenvalue weighted by Crippen LogP contribution is 2.33. The number of aliphatic carboxylic acids is 1. The molecule has 0 saturated heterocycles. The molecule has 0 spiro atoms. The van der Waals surface area contributed by atoms with E-state index in [0.29, 0.717) is 18.9 Å². The van der Waals surface area contributed by atoms with Gasteiger partial charge >= 0.3 is 5.97 Å². The Balaban J connectivity index is 1.81. The van der Waals surface area contributed by atoms with Crippen LogP contribution in [0.3, 0.4) is 0 Å². The van der Waals surface area contributed by atoms with Crippen LogP contribution in [0.5, 0.6) is 0 Å². The third-order valence-corrected chi connectivity index (χ3v) is 4.27. The number of hydrogen-bond acceptors (Lipinski definition) is 3. The van der Waals surface area contributed by atoms with Crippen LogP contribution in [0, 0.1) is 0 Å². The van der Waals surface area contributed by atoms with E-state index in [4.69, 9.17) is 5.11 Å². The average molecular weight is 291 g/mol. The van der Waals surface area contributed by atoms with E-state index in [1.165, 1.54) is 37.7 Å². The van der Waals surface area contributed by atoms with Crippen molar-refractivity contribution >= 4 is 5.97 Å². The van der Waals surface area contributed by atoms with Crippen LogP contribution in [0.4, 0.5) is 0 Å². The van der Waals surface area contributed by atoms with Gasteiger partial charge in [-0.25, -0.2) is 0 Å². The first-order valence-corrected chi connectivity index (χ1v) is 7.87.